The zero-order chi connectivity index (χ0) is 12.6. The molecule has 90 valence electrons. The molecule has 0 amide bonds. The van der Waals surface area contributed by atoms with Gasteiger partial charge in [-0.05, 0) is 38.0 Å². The second kappa shape index (κ2) is 4.14. The number of rotatable bonds is 3. The fourth-order valence-electron chi connectivity index (χ4n) is 1.41. The van der Waals surface area contributed by atoms with Crippen molar-refractivity contribution < 1.29 is 8.42 Å². The number of hydrogen-bond donors (Lipinski definition) is 1. The quantitative estimate of drug-likeness (QED) is 0.864. The minimum absolute atomic E-state index is 0.573. The van der Waals surface area contributed by atoms with Crippen LogP contribution >= 0.6 is 0 Å². The van der Waals surface area contributed by atoms with E-state index in [0.29, 0.717) is 0 Å². The third-order valence-corrected chi connectivity index (χ3v) is 5.28. The van der Waals surface area contributed by atoms with E-state index in [4.69, 9.17) is 5.73 Å². The molecule has 0 spiro atoms. The fourth-order valence-corrected chi connectivity index (χ4v) is 2.00. The SMILES string of the molecule is Cc1ccncc1C(N)C(C)(C)S(C)(=O)=O. The number of hydrogen-bond acceptors (Lipinski definition) is 4. The Balaban J connectivity index is 3.23. The summed E-state index contributed by atoms with van der Waals surface area (Å²) in [4.78, 5) is 3.99. The van der Waals surface area contributed by atoms with Crippen molar-refractivity contribution >= 4 is 9.84 Å². The van der Waals surface area contributed by atoms with Gasteiger partial charge in [0.25, 0.3) is 0 Å². The summed E-state index contributed by atoms with van der Waals surface area (Å²) in [7, 11) is -3.22. The van der Waals surface area contributed by atoms with E-state index in [1.807, 2.05) is 13.0 Å². The third-order valence-electron chi connectivity index (χ3n) is 3.12. The Morgan fingerprint density at radius 2 is 2.00 bits per heavy atom. The third kappa shape index (κ3) is 2.25. The van der Waals surface area contributed by atoms with Gasteiger partial charge in [-0.15, -0.1) is 0 Å². The minimum Gasteiger partial charge on any atom is -0.323 e. The molecule has 0 saturated carbocycles. The number of pyridine rings is 1. The number of sulfone groups is 1. The van der Waals surface area contributed by atoms with Crippen LogP contribution in [0.5, 0.6) is 0 Å². The predicted molar refractivity (Wildman–Crippen MR) is 64.8 cm³/mol. The first-order chi connectivity index (χ1) is 7.18. The molecule has 2 N–H and O–H groups in total. The molecule has 0 bridgehead atoms. The molecule has 16 heavy (non-hydrogen) atoms. The summed E-state index contributed by atoms with van der Waals surface area (Å²) >= 11 is 0. The molecule has 0 aliphatic heterocycles. The standard InChI is InChI=1S/C11H18N2O2S/c1-8-5-6-13-7-9(8)10(12)11(2,3)16(4,14)15/h5-7,10H,12H2,1-4H3. The van der Waals surface area contributed by atoms with Gasteiger partial charge >= 0.3 is 0 Å². The van der Waals surface area contributed by atoms with Crippen molar-refractivity contribution in [3.63, 3.8) is 0 Å². The van der Waals surface area contributed by atoms with E-state index in [0.717, 1.165) is 11.1 Å². The highest BCUT2D eigenvalue weighted by molar-refractivity contribution is 7.92. The van der Waals surface area contributed by atoms with Crippen LogP contribution in [0.2, 0.25) is 0 Å². The zero-order valence-electron chi connectivity index (χ0n) is 10.1. The number of aromatic nitrogens is 1. The van der Waals surface area contributed by atoms with Crippen LogP contribution in [-0.4, -0.2) is 24.4 Å². The Kier molecular flexibility index (Phi) is 3.40. The molecule has 1 heterocycles. The highest BCUT2D eigenvalue weighted by Gasteiger charge is 2.38. The molecular weight excluding hydrogens is 224 g/mol. The molecule has 0 aliphatic rings. The predicted octanol–water partition coefficient (Wildman–Crippen LogP) is 1.21. The molecule has 1 atom stereocenters. The van der Waals surface area contributed by atoms with Crippen molar-refractivity contribution in [3.05, 3.63) is 29.6 Å². The first-order valence-corrected chi connectivity index (χ1v) is 6.92. The Morgan fingerprint density at radius 3 is 2.44 bits per heavy atom. The summed E-state index contributed by atoms with van der Waals surface area (Å²) in [5.74, 6) is 0. The van der Waals surface area contributed by atoms with E-state index in [9.17, 15) is 8.42 Å². The van der Waals surface area contributed by atoms with Crippen LogP contribution in [0.1, 0.15) is 31.0 Å². The van der Waals surface area contributed by atoms with E-state index < -0.39 is 20.6 Å². The molecule has 5 heteroatoms. The highest BCUT2D eigenvalue weighted by Crippen LogP contribution is 2.31. The first kappa shape index (κ1) is 13.1. The molecule has 1 aromatic rings. The summed E-state index contributed by atoms with van der Waals surface area (Å²) in [6, 6.07) is 1.25. The summed E-state index contributed by atoms with van der Waals surface area (Å²) in [6.45, 7) is 5.17. The Bertz CT molecular complexity index is 481. The van der Waals surface area contributed by atoms with E-state index in [1.165, 1.54) is 6.26 Å². The Labute approximate surface area is 96.8 Å². The van der Waals surface area contributed by atoms with Crippen LogP contribution in [0, 0.1) is 6.92 Å². The molecule has 0 fully saturated rings. The molecule has 0 radical (unpaired) electrons. The lowest BCUT2D eigenvalue weighted by atomic mass is 9.94. The van der Waals surface area contributed by atoms with Gasteiger partial charge in [0.2, 0.25) is 0 Å². The van der Waals surface area contributed by atoms with Gasteiger partial charge in [-0.2, -0.15) is 0 Å². The first-order valence-electron chi connectivity index (χ1n) is 5.03. The summed E-state index contributed by atoms with van der Waals surface area (Å²) in [5.41, 5.74) is 7.77. The maximum Gasteiger partial charge on any atom is 0.154 e. The molecule has 0 aliphatic carbocycles. The Hall–Kier alpha value is -0.940. The second-order valence-electron chi connectivity index (χ2n) is 4.59. The van der Waals surface area contributed by atoms with Gasteiger partial charge < -0.3 is 5.73 Å². The summed E-state index contributed by atoms with van der Waals surface area (Å²) < 4.78 is 22.4. The van der Waals surface area contributed by atoms with Crippen LogP contribution in [0.4, 0.5) is 0 Å². The van der Waals surface area contributed by atoms with Gasteiger partial charge in [0, 0.05) is 18.6 Å². The van der Waals surface area contributed by atoms with Gasteiger partial charge in [0.15, 0.2) is 9.84 Å². The number of nitrogens with two attached hydrogens (primary N) is 1. The maximum atomic E-state index is 11.7. The molecule has 1 rings (SSSR count). The van der Waals surface area contributed by atoms with Crippen LogP contribution in [0.15, 0.2) is 18.5 Å². The average molecular weight is 242 g/mol. The smallest absolute Gasteiger partial charge is 0.154 e. The lowest BCUT2D eigenvalue weighted by Crippen LogP contribution is -2.42. The van der Waals surface area contributed by atoms with Crippen LogP contribution < -0.4 is 5.73 Å². The van der Waals surface area contributed by atoms with Crippen molar-refractivity contribution in [2.75, 3.05) is 6.26 Å². The normalized spacial score (nSPS) is 14.8. The van der Waals surface area contributed by atoms with Crippen molar-refractivity contribution in [2.24, 2.45) is 5.73 Å². The lowest BCUT2D eigenvalue weighted by Gasteiger charge is -2.30. The topological polar surface area (TPSA) is 73.0 Å². The number of aryl methyl sites for hydroxylation is 1. The molecule has 0 aromatic carbocycles. The van der Waals surface area contributed by atoms with Crippen molar-refractivity contribution in [3.8, 4) is 0 Å². The maximum absolute atomic E-state index is 11.7. The summed E-state index contributed by atoms with van der Waals surface area (Å²) in [6.07, 6.45) is 4.50. The lowest BCUT2D eigenvalue weighted by molar-refractivity contribution is 0.494. The van der Waals surface area contributed by atoms with E-state index in [1.54, 1.807) is 26.2 Å². The molecule has 4 nitrogen and oxygen atoms in total. The molecular formula is C11H18N2O2S. The fraction of sp³-hybridized carbons (Fsp3) is 0.545. The van der Waals surface area contributed by atoms with Crippen molar-refractivity contribution in [2.45, 2.75) is 31.6 Å². The number of nitrogens with zero attached hydrogens (tertiary/aromatic N) is 1. The second-order valence-corrected chi connectivity index (χ2v) is 7.18. The van der Waals surface area contributed by atoms with Crippen LogP contribution in [0.25, 0.3) is 0 Å². The average Bonchev–Trinajstić information content (AvgIpc) is 2.15. The van der Waals surface area contributed by atoms with Gasteiger partial charge in [-0.25, -0.2) is 8.42 Å². The van der Waals surface area contributed by atoms with Gasteiger partial charge in [0.1, 0.15) is 0 Å². The zero-order valence-corrected chi connectivity index (χ0v) is 10.9. The van der Waals surface area contributed by atoms with Crippen molar-refractivity contribution in [1.82, 2.24) is 4.98 Å². The minimum atomic E-state index is -3.22. The van der Waals surface area contributed by atoms with E-state index in [-0.39, 0.29) is 0 Å². The van der Waals surface area contributed by atoms with Gasteiger partial charge in [0.05, 0.1) is 10.8 Å². The monoisotopic (exact) mass is 242 g/mol. The highest BCUT2D eigenvalue weighted by atomic mass is 32.2. The molecule has 0 saturated heterocycles. The largest absolute Gasteiger partial charge is 0.323 e. The van der Waals surface area contributed by atoms with Crippen molar-refractivity contribution in [1.29, 1.82) is 0 Å². The summed E-state index contributed by atoms with van der Waals surface area (Å²) in [5, 5.41) is 0. The molecule has 1 aromatic heterocycles. The van der Waals surface area contributed by atoms with Gasteiger partial charge in [-0.1, -0.05) is 0 Å². The van der Waals surface area contributed by atoms with Gasteiger partial charge in [-0.3, -0.25) is 4.98 Å². The van der Waals surface area contributed by atoms with Crippen LogP contribution in [-0.2, 0) is 9.84 Å². The molecule has 1 unspecified atom stereocenters. The van der Waals surface area contributed by atoms with E-state index in [2.05, 4.69) is 4.98 Å². The van der Waals surface area contributed by atoms with E-state index >= 15 is 0 Å². The van der Waals surface area contributed by atoms with Crippen LogP contribution in [0.3, 0.4) is 0 Å². The Morgan fingerprint density at radius 1 is 1.44 bits per heavy atom.